The van der Waals surface area contributed by atoms with Crippen molar-refractivity contribution in [2.24, 2.45) is 0 Å². The number of nitrogens with zero attached hydrogens (tertiary/aromatic N) is 1. The first-order chi connectivity index (χ1) is 18.5. The summed E-state index contributed by atoms with van der Waals surface area (Å²) in [5.74, 6) is -0.114. The lowest BCUT2D eigenvalue weighted by atomic mass is 9.94. The lowest BCUT2D eigenvalue weighted by Gasteiger charge is -2.25. The van der Waals surface area contributed by atoms with Crippen LogP contribution in [0, 0.1) is 6.92 Å². The number of ketones is 1. The highest BCUT2D eigenvalue weighted by Gasteiger charge is 2.46. The smallest absolute Gasteiger partial charge is 0.295 e. The molecule has 1 fully saturated rings. The van der Waals surface area contributed by atoms with Gasteiger partial charge in [-0.3, -0.25) is 9.59 Å². The van der Waals surface area contributed by atoms with E-state index in [2.05, 4.69) is 0 Å². The van der Waals surface area contributed by atoms with Gasteiger partial charge in [0.25, 0.3) is 11.7 Å². The molecule has 3 aromatic carbocycles. The van der Waals surface area contributed by atoms with Crippen molar-refractivity contribution in [1.82, 2.24) is 4.90 Å². The molecule has 2 aliphatic rings. The number of methoxy groups -OCH3 is 1. The molecule has 0 aromatic heterocycles. The summed E-state index contributed by atoms with van der Waals surface area (Å²) >= 11 is 0. The largest absolute Gasteiger partial charge is 0.507 e. The van der Waals surface area contributed by atoms with Gasteiger partial charge in [0.15, 0.2) is 0 Å². The molecule has 0 spiro atoms. The Morgan fingerprint density at radius 1 is 1.05 bits per heavy atom. The van der Waals surface area contributed by atoms with E-state index in [1.54, 1.807) is 19.2 Å². The van der Waals surface area contributed by atoms with Gasteiger partial charge >= 0.3 is 0 Å². The number of aliphatic hydroxyl groups excluding tert-OH is 1. The minimum atomic E-state index is -0.747. The fourth-order valence-electron chi connectivity index (χ4n) is 4.91. The van der Waals surface area contributed by atoms with Gasteiger partial charge in [-0.2, -0.15) is 0 Å². The van der Waals surface area contributed by atoms with Crippen LogP contribution < -0.4 is 9.47 Å². The monoisotopic (exact) mass is 513 g/mol. The fraction of sp³-hybridized carbons (Fsp3) is 0.290. The van der Waals surface area contributed by atoms with Crippen molar-refractivity contribution in [2.45, 2.75) is 32.4 Å². The van der Waals surface area contributed by atoms with E-state index in [9.17, 15) is 14.7 Å². The van der Waals surface area contributed by atoms with Crippen molar-refractivity contribution in [3.05, 3.63) is 100 Å². The number of hydrogen-bond acceptors (Lipinski definition) is 6. The predicted octanol–water partition coefficient (Wildman–Crippen LogP) is 4.97. The van der Waals surface area contributed by atoms with Gasteiger partial charge in [0.2, 0.25) is 0 Å². The van der Waals surface area contributed by atoms with Gasteiger partial charge in [-0.25, -0.2) is 0 Å². The van der Waals surface area contributed by atoms with E-state index in [-0.39, 0.29) is 24.5 Å². The van der Waals surface area contributed by atoms with Gasteiger partial charge in [0.05, 0.1) is 24.8 Å². The van der Waals surface area contributed by atoms with Crippen LogP contribution >= 0.6 is 0 Å². The van der Waals surface area contributed by atoms with Crippen LogP contribution in [0.1, 0.15) is 40.3 Å². The van der Waals surface area contributed by atoms with Gasteiger partial charge in [0, 0.05) is 19.2 Å². The van der Waals surface area contributed by atoms with Crippen molar-refractivity contribution in [3.63, 3.8) is 0 Å². The molecule has 1 saturated heterocycles. The van der Waals surface area contributed by atoms with E-state index in [4.69, 9.17) is 14.2 Å². The van der Waals surface area contributed by atoms with Crippen LogP contribution in [0.4, 0.5) is 0 Å². The predicted molar refractivity (Wildman–Crippen MR) is 143 cm³/mol. The number of carbonyl (C=O) groups excluding carboxylic acids is 2. The van der Waals surface area contributed by atoms with E-state index in [1.165, 1.54) is 10.5 Å². The van der Waals surface area contributed by atoms with Gasteiger partial charge in [0.1, 0.15) is 23.9 Å². The minimum absolute atomic E-state index is 0.0658. The van der Waals surface area contributed by atoms with Gasteiger partial charge in [-0.05, 0) is 66.8 Å². The number of carbonyl (C=O) groups is 2. The van der Waals surface area contributed by atoms with Crippen LogP contribution in [0.5, 0.6) is 11.5 Å². The Morgan fingerprint density at radius 3 is 2.55 bits per heavy atom. The standard InChI is InChI=1S/C31H31NO6/c1-20-5-7-21(8-6-20)19-38-25-12-9-22(10-13-25)28-27(30(34)31(35)32(28)15-17-36-2)29(33)24-11-14-26-23(18-24)4-3-16-37-26/h5-14,18,28,33H,3-4,15-17,19H2,1-2H3/b29-27-. The molecule has 1 atom stereocenters. The number of aliphatic hydroxyl groups is 1. The average Bonchev–Trinajstić information content (AvgIpc) is 3.20. The molecule has 196 valence electrons. The van der Waals surface area contributed by atoms with E-state index in [0.717, 1.165) is 29.7 Å². The van der Waals surface area contributed by atoms with Crippen molar-refractivity contribution in [1.29, 1.82) is 0 Å². The van der Waals surface area contributed by atoms with Crippen molar-refractivity contribution < 1.29 is 28.9 Å². The molecule has 1 unspecified atom stereocenters. The molecular weight excluding hydrogens is 482 g/mol. The summed E-state index contributed by atoms with van der Waals surface area (Å²) in [4.78, 5) is 27.7. The van der Waals surface area contributed by atoms with E-state index >= 15 is 0 Å². The van der Waals surface area contributed by atoms with Crippen molar-refractivity contribution in [3.8, 4) is 11.5 Å². The maximum absolute atomic E-state index is 13.2. The van der Waals surface area contributed by atoms with Crippen molar-refractivity contribution in [2.75, 3.05) is 26.9 Å². The zero-order valence-corrected chi connectivity index (χ0v) is 21.6. The van der Waals surface area contributed by atoms with Gasteiger partial charge in [-0.1, -0.05) is 42.0 Å². The van der Waals surface area contributed by atoms with Gasteiger partial charge < -0.3 is 24.2 Å². The molecule has 1 N–H and O–H groups in total. The molecule has 2 heterocycles. The molecule has 38 heavy (non-hydrogen) atoms. The van der Waals surface area contributed by atoms with Crippen molar-refractivity contribution >= 4 is 17.4 Å². The fourth-order valence-corrected chi connectivity index (χ4v) is 4.91. The van der Waals surface area contributed by atoms with Crippen LogP contribution in [-0.4, -0.2) is 48.6 Å². The summed E-state index contributed by atoms with van der Waals surface area (Å²) in [7, 11) is 1.54. The second-order valence-corrected chi connectivity index (χ2v) is 9.60. The Labute approximate surface area is 222 Å². The summed E-state index contributed by atoms with van der Waals surface area (Å²) in [6.45, 7) is 3.60. The number of ether oxygens (including phenoxy) is 3. The number of Topliss-reactive ketones (excluding diaryl/α,β-unsaturated/α-hetero) is 1. The zero-order chi connectivity index (χ0) is 26.6. The Bertz CT molecular complexity index is 1360. The normalized spacial score (nSPS) is 18.3. The molecule has 0 aliphatic carbocycles. The topological polar surface area (TPSA) is 85.3 Å². The molecular formula is C31H31NO6. The molecule has 0 radical (unpaired) electrons. The molecule has 7 heteroatoms. The van der Waals surface area contributed by atoms with Crippen LogP contribution in [0.3, 0.4) is 0 Å². The Hall–Kier alpha value is -4.10. The lowest BCUT2D eigenvalue weighted by molar-refractivity contribution is -0.140. The first-order valence-electron chi connectivity index (χ1n) is 12.8. The molecule has 7 nitrogen and oxygen atoms in total. The Morgan fingerprint density at radius 2 is 1.82 bits per heavy atom. The molecule has 1 amide bonds. The summed E-state index contributed by atoms with van der Waals surface area (Å²) in [6.07, 6.45) is 1.71. The SMILES string of the molecule is COCCN1C(=O)C(=O)/C(=C(\O)c2ccc3c(c2)CCCO3)C1c1ccc(OCc2ccc(C)cc2)cc1. The Kier molecular flexibility index (Phi) is 7.47. The summed E-state index contributed by atoms with van der Waals surface area (Å²) in [6, 6.07) is 20.0. The lowest BCUT2D eigenvalue weighted by Crippen LogP contribution is -2.32. The quantitative estimate of drug-likeness (QED) is 0.260. The third-order valence-corrected chi connectivity index (χ3v) is 6.98. The number of rotatable bonds is 8. The number of amides is 1. The molecule has 2 aliphatic heterocycles. The first-order valence-corrected chi connectivity index (χ1v) is 12.8. The minimum Gasteiger partial charge on any atom is -0.507 e. The Balaban J connectivity index is 1.46. The van der Waals surface area contributed by atoms with Crippen LogP contribution in [0.25, 0.3) is 5.76 Å². The van der Waals surface area contributed by atoms with Crippen LogP contribution in [0.15, 0.2) is 72.3 Å². The second kappa shape index (κ2) is 11.1. The third kappa shape index (κ3) is 5.15. The maximum atomic E-state index is 13.2. The molecule has 0 bridgehead atoms. The summed E-state index contributed by atoms with van der Waals surface area (Å²) in [5.41, 5.74) is 4.47. The average molecular weight is 514 g/mol. The zero-order valence-electron chi connectivity index (χ0n) is 21.6. The highest BCUT2D eigenvalue weighted by atomic mass is 16.5. The maximum Gasteiger partial charge on any atom is 0.295 e. The van der Waals surface area contributed by atoms with E-state index < -0.39 is 17.7 Å². The summed E-state index contributed by atoms with van der Waals surface area (Å²) < 4.78 is 16.8. The highest BCUT2D eigenvalue weighted by Crippen LogP contribution is 2.40. The number of fused-ring (bicyclic) bond motifs is 1. The number of hydrogen-bond donors (Lipinski definition) is 1. The molecule has 3 aromatic rings. The number of benzene rings is 3. The number of likely N-dealkylation sites (tertiary alicyclic amines) is 1. The van der Waals surface area contributed by atoms with Crippen LogP contribution in [-0.2, 0) is 27.4 Å². The third-order valence-electron chi connectivity index (χ3n) is 6.98. The first kappa shape index (κ1) is 25.5. The molecule has 5 rings (SSSR count). The van der Waals surface area contributed by atoms with Crippen LogP contribution in [0.2, 0.25) is 0 Å². The number of aryl methyl sites for hydroxylation is 2. The highest BCUT2D eigenvalue weighted by molar-refractivity contribution is 6.46. The van der Waals surface area contributed by atoms with E-state index in [0.29, 0.717) is 30.1 Å². The van der Waals surface area contributed by atoms with E-state index in [1.807, 2.05) is 61.5 Å². The second-order valence-electron chi connectivity index (χ2n) is 9.60. The molecule has 0 saturated carbocycles. The van der Waals surface area contributed by atoms with Gasteiger partial charge in [-0.15, -0.1) is 0 Å². The summed E-state index contributed by atoms with van der Waals surface area (Å²) in [5, 5.41) is 11.4.